The standard InChI is InChI=1S/C11H7ClFN3O2S/c12-19(17,18)11-9(5-14)6-15-16(11)7-8-2-1-3-10(13)4-8/h1-4,6H,7H2. The van der Waals surface area contributed by atoms with Gasteiger partial charge in [-0.2, -0.15) is 10.4 Å². The molecule has 5 nitrogen and oxygen atoms in total. The minimum absolute atomic E-state index is 0.000718. The van der Waals surface area contributed by atoms with E-state index in [1.54, 1.807) is 12.1 Å². The molecule has 2 aromatic rings. The number of halogens is 2. The quantitative estimate of drug-likeness (QED) is 0.811. The molecule has 98 valence electrons. The zero-order chi connectivity index (χ0) is 14.0. The van der Waals surface area contributed by atoms with Crippen molar-refractivity contribution < 1.29 is 12.8 Å². The predicted molar refractivity (Wildman–Crippen MR) is 65.5 cm³/mol. The first-order valence-electron chi connectivity index (χ1n) is 5.07. The average Bonchev–Trinajstić information content (AvgIpc) is 2.71. The van der Waals surface area contributed by atoms with E-state index in [1.165, 1.54) is 18.2 Å². The zero-order valence-electron chi connectivity index (χ0n) is 9.42. The van der Waals surface area contributed by atoms with Crippen molar-refractivity contribution in [2.45, 2.75) is 11.6 Å². The summed E-state index contributed by atoms with van der Waals surface area (Å²) >= 11 is 0. The predicted octanol–water partition coefficient (Wildman–Crippen LogP) is 1.87. The van der Waals surface area contributed by atoms with E-state index in [-0.39, 0.29) is 17.1 Å². The molecule has 1 aromatic heterocycles. The van der Waals surface area contributed by atoms with E-state index in [1.807, 2.05) is 0 Å². The normalized spacial score (nSPS) is 11.2. The molecule has 0 unspecified atom stereocenters. The maximum absolute atomic E-state index is 13.0. The fraction of sp³-hybridized carbons (Fsp3) is 0.0909. The highest BCUT2D eigenvalue weighted by molar-refractivity contribution is 8.13. The maximum Gasteiger partial charge on any atom is 0.279 e. The number of aromatic nitrogens is 2. The molecule has 0 amide bonds. The van der Waals surface area contributed by atoms with Crippen molar-refractivity contribution in [2.24, 2.45) is 0 Å². The van der Waals surface area contributed by atoms with Crippen LogP contribution in [0.5, 0.6) is 0 Å². The van der Waals surface area contributed by atoms with Crippen LogP contribution >= 0.6 is 10.7 Å². The highest BCUT2D eigenvalue weighted by atomic mass is 35.7. The van der Waals surface area contributed by atoms with Crippen LogP contribution in [0.15, 0.2) is 35.5 Å². The fourth-order valence-corrected chi connectivity index (χ4v) is 2.84. The second kappa shape index (κ2) is 4.99. The average molecular weight is 300 g/mol. The van der Waals surface area contributed by atoms with Crippen molar-refractivity contribution in [3.63, 3.8) is 0 Å². The summed E-state index contributed by atoms with van der Waals surface area (Å²) in [6.45, 7) is 0.000718. The SMILES string of the molecule is N#Cc1cnn(Cc2cccc(F)c2)c1S(=O)(=O)Cl. The third-order valence-electron chi connectivity index (χ3n) is 2.36. The first kappa shape index (κ1) is 13.5. The van der Waals surface area contributed by atoms with E-state index < -0.39 is 14.9 Å². The summed E-state index contributed by atoms with van der Waals surface area (Å²) in [5.74, 6) is -0.444. The van der Waals surface area contributed by atoms with Crippen LogP contribution in [0, 0.1) is 17.1 Å². The van der Waals surface area contributed by atoms with Crippen molar-refractivity contribution in [1.82, 2.24) is 9.78 Å². The van der Waals surface area contributed by atoms with Gasteiger partial charge in [0.05, 0.1) is 12.7 Å². The van der Waals surface area contributed by atoms with Gasteiger partial charge in [0.2, 0.25) is 0 Å². The highest BCUT2D eigenvalue weighted by Gasteiger charge is 2.22. The molecular weight excluding hydrogens is 293 g/mol. The Bertz CT molecular complexity index is 764. The summed E-state index contributed by atoms with van der Waals surface area (Å²) < 4.78 is 37.0. The van der Waals surface area contributed by atoms with Gasteiger partial charge in [-0.15, -0.1) is 0 Å². The third kappa shape index (κ3) is 2.92. The lowest BCUT2D eigenvalue weighted by Gasteiger charge is -2.05. The van der Waals surface area contributed by atoms with E-state index in [0.29, 0.717) is 5.56 Å². The number of benzene rings is 1. The van der Waals surface area contributed by atoms with E-state index in [2.05, 4.69) is 5.10 Å². The van der Waals surface area contributed by atoms with Crippen LogP contribution in [0.2, 0.25) is 0 Å². The smallest absolute Gasteiger partial charge is 0.247 e. The van der Waals surface area contributed by atoms with Crippen molar-refractivity contribution in [3.05, 3.63) is 47.4 Å². The lowest BCUT2D eigenvalue weighted by atomic mass is 10.2. The van der Waals surface area contributed by atoms with E-state index in [0.717, 1.165) is 10.9 Å². The van der Waals surface area contributed by atoms with Gasteiger partial charge in [-0.25, -0.2) is 17.5 Å². The van der Waals surface area contributed by atoms with Gasteiger partial charge in [0.25, 0.3) is 9.05 Å². The molecule has 0 spiro atoms. The zero-order valence-corrected chi connectivity index (χ0v) is 11.0. The van der Waals surface area contributed by atoms with Crippen LogP contribution in [0.3, 0.4) is 0 Å². The molecule has 0 atom stereocenters. The van der Waals surface area contributed by atoms with Gasteiger partial charge in [0.1, 0.15) is 17.4 Å². The first-order valence-corrected chi connectivity index (χ1v) is 7.38. The third-order valence-corrected chi connectivity index (χ3v) is 3.69. The Morgan fingerprint density at radius 1 is 1.47 bits per heavy atom. The molecule has 0 radical (unpaired) electrons. The number of hydrogen-bond acceptors (Lipinski definition) is 4. The number of hydrogen-bond donors (Lipinski definition) is 0. The molecule has 0 aliphatic carbocycles. The largest absolute Gasteiger partial charge is 0.279 e. The molecule has 0 aliphatic rings. The second-order valence-corrected chi connectivity index (χ2v) is 6.18. The van der Waals surface area contributed by atoms with Crippen LogP contribution in [-0.2, 0) is 15.6 Å². The van der Waals surface area contributed by atoms with E-state index in [4.69, 9.17) is 15.9 Å². The Kier molecular flexibility index (Phi) is 3.55. The van der Waals surface area contributed by atoms with Crippen molar-refractivity contribution in [2.75, 3.05) is 0 Å². The first-order chi connectivity index (χ1) is 8.91. The molecule has 1 aromatic carbocycles. The van der Waals surface area contributed by atoms with Crippen molar-refractivity contribution >= 4 is 19.7 Å². The molecule has 0 saturated heterocycles. The molecule has 1 heterocycles. The van der Waals surface area contributed by atoms with Gasteiger partial charge in [-0.1, -0.05) is 12.1 Å². The van der Waals surface area contributed by atoms with Crippen molar-refractivity contribution in [3.8, 4) is 6.07 Å². The number of nitriles is 1. The summed E-state index contributed by atoms with van der Waals surface area (Å²) in [5.41, 5.74) is 0.362. The minimum atomic E-state index is -4.11. The molecule has 0 bridgehead atoms. The number of rotatable bonds is 3. The van der Waals surface area contributed by atoms with E-state index in [9.17, 15) is 12.8 Å². The highest BCUT2D eigenvalue weighted by Crippen LogP contribution is 2.20. The molecule has 0 fully saturated rings. The summed E-state index contributed by atoms with van der Waals surface area (Å²) in [6.07, 6.45) is 1.11. The lowest BCUT2D eigenvalue weighted by Crippen LogP contribution is -2.09. The van der Waals surface area contributed by atoms with Crippen LogP contribution in [0.4, 0.5) is 4.39 Å². The van der Waals surface area contributed by atoms with E-state index >= 15 is 0 Å². The molecular formula is C11H7ClFN3O2S. The summed E-state index contributed by atoms with van der Waals surface area (Å²) in [7, 11) is 1.17. The molecule has 19 heavy (non-hydrogen) atoms. The molecule has 2 rings (SSSR count). The molecule has 0 aliphatic heterocycles. The Morgan fingerprint density at radius 2 is 2.21 bits per heavy atom. The Morgan fingerprint density at radius 3 is 2.79 bits per heavy atom. The number of nitrogens with zero attached hydrogens (tertiary/aromatic N) is 3. The van der Waals surface area contributed by atoms with Gasteiger partial charge >= 0.3 is 0 Å². The molecule has 8 heteroatoms. The Balaban J connectivity index is 2.48. The maximum atomic E-state index is 13.0. The van der Waals surface area contributed by atoms with Crippen LogP contribution in [-0.4, -0.2) is 18.2 Å². The molecule has 0 N–H and O–H groups in total. The van der Waals surface area contributed by atoms with Crippen LogP contribution < -0.4 is 0 Å². The van der Waals surface area contributed by atoms with Crippen LogP contribution in [0.25, 0.3) is 0 Å². The van der Waals surface area contributed by atoms with Crippen LogP contribution in [0.1, 0.15) is 11.1 Å². The Labute approximate surface area is 113 Å². The van der Waals surface area contributed by atoms with Gasteiger partial charge in [0.15, 0.2) is 5.03 Å². The topological polar surface area (TPSA) is 75.8 Å². The Hall–Kier alpha value is -1.91. The summed E-state index contributed by atoms with van der Waals surface area (Å²) in [5, 5.41) is 12.2. The summed E-state index contributed by atoms with van der Waals surface area (Å²) in [4.78, 5) is 0. The van der Waals surface area contributed by atoms with Gasteiger partial charge in [-0.05, 0) is 17.7 Å². The van der Waals surface area contributed by atoms with Gasteiger partial charge in [-0.3, -0.25) is 0 Å². The van der Waals surface area contributed by atoms with Gasteiger partial charge < -0.3 is 0 Å². The van der Waals surface area contributed by atoms with Crippen molar-refractivity contribution in [1.29, 1.82) is 5.26 Å². The lowest BCUT2D eigenvalue weighted by molar-refractivity contribution is 0.571. The molecule has 0 saturated carbocycles. The summed E-state index contributed by atoms with van der Waals surface area (Å²) in [6, 6.07) is 7.32. The van der Waals surface area contributed by atoms with Gasteiger partial charge in [0, 0.05) is 10.7 Å². The second-order valence-electron chi connectivity index (χ2n) is 3.70. The minimum Gasteiger partial charge on any atom is -0.247 e. The monoisotopic (exact) mass is 299 g/mol. The fourth-order valence-electron chi connectivity index (χ4n) is 1.63.